The molecule has 0 radical (unpaired) electrons. The Morgan fingerprint density at radius 2 is 2.25 bits per heavy atom. The highest BCUT2D eigenvalue weighted by molar-refractivity contribution is 5.73. The van der Waals surface area contributed by atoms with Gasteiger partial charge in [-0.25, -0.2) is 4.39 Å². The molecule has 3 nitrogen and oxygen atoms in total. The van der Waals surface area contributed by atoms with Crippen molar-refractivity contribution in [2.75, 3.05) is 7.05 Å². The first-order valence-corrected chi connectivity index (χ1v) is 5.29. The Morgan fingerprint density at radius 3 is 2.75 bits per heavy atom. The Labute approximate surface area is 93.3 Å². The van der Waals surface area contributed by atoms with Crippen LogP contribution in [0, 0.1) is 17.7 Å². The van der Waals surface area contributed by atoms with Crippen molar-refractivity contribution < 1.29 is 14.3 Å². The second-order valence-electron chi connectivity index (χ2n) is 4.13. The number of rotatable bonds is 4. The summed E-state index contributed by atoms with van der Waals surface area (Å²) in [5, 5.41) is 11.9. The molecule has 1 fully saturated rings. The number of aliphatic carboxylic acids is 1. The molecule has 1 aliphatic carbocycles. The van der Waals surface area contributed by atoms with Gasteiger partial charge in [-0.15, -0.1) is 0 Å². The predicted molar refractivity (Wildman–Crippen MR) is 57.4 cm³/mol. The lowest BCUT2D eigenvalue weighted by Gasteiger charge is -2.16. The molecule has 86 valence electrons. The van der Waals surface area contributed by atoms with Gasteiger partial charge >= 0.3 is 5.97 Å². The summed E-state index contributed by atoms with van der Waals surface area (Å²) in [6.07, 6.45) is 0.620. The van der Waals surface area contributed by atoms with Crippen LogP contribution in [0.4, 0.5) is 4.39 Å². The smallest absolute Gasteiger partial charge is 0.306 e. The van der Waals surface area contributed by atoms with Gasteiger partial charge in [0.1, 0.15) is 5.82 Å². The molecule has 1 saturated carbocycles. The van der Waals surface area contributed by atoms with Crippen LogP contribution in [0.3, 0.4) is 0 Å². The van der Waals surface area contributed by atoms with E-state index in [2.05, 4.69) is 5.32 Å². The van der Waals surface area contributed by atoms with E-state index in [-0.39, 0.29) is 23.7 Å². The molecule has 0 spiro atoms. The van der Waals surface area contributed by atoms with Crippen LogP contribution in [-0.2, 0) is 4.79 Å². The molecule has 2 rings (SSSR count). The Morgan fingerprint density at radius 1 is 1.56 bits per heavy atom. The standard InChI is InChI=1S/C12H14FNO2/c1-14-11(8-6-9(8)12(15)16)7-4-2-3-5-10(7)13/h2-5,8-9,11,14H,6H2,1H3,(H,15,16). The second-order valence-corrected chi connectivity index (χ2v) is 4.13. The molecule has 0 saturated heterocycles. The van der Waals surface area contributed by atoms with E-state index in [0.29, 0.717) is 12.0 Å². The largest absolute Gasteiger partial charge is 0.481 e. The van der Waals surface area contributed by atoms with E-state index in [4.69, 9.17) is 5.11 Å². The Kier molecular flexibility index (Phi) is 2.92. The average molecular weight is 223 g/mol. The zero-order chi connectivity index (χ0) is 11.7. The highest BCUT2D eigenvalue weighted by Crippen LogP contribution is 2.47. The van der Waals surface area contributed by atoms with Gasteiger partial charge < -0.3 is 10.4 Å². The van der Waals surface area contributed by atoms with Gasteiger partial charge in [-0.2, -0.15) is 0 Å². The summed E-state index contributed by atoms with van der Waals surface area (Å²) in [5.41, 5.74) is 0.554. The fraction of sp³-hybridized carbons (Fsp3) is 0.417. The van der Waals surface area contributed by atoms with Crippen molar-refractivity contribution in [2.24, 2.45) is 11.8 Å². The molecule has 0 aromatic heterocycles. The fourth-order valence-corrected chi connectivity index (χ4v) is 2.19. The van der Waals surface area contributed by atoms with Gasteiger partial charge in [0.25, 0.3) is 0 Å². The van der Waals surface area contributed by atoms with Crippen LogP contribution >= 0.6 is 0 Å². The van der Waals surface area contributed by atoms with Crippen LogP contribution in [0.1, 0.15) is 18.0 Å². The van der Waals surface area contributed by atoms with Crippen LogP contribution in [0.5, 0.6) is 0 Å². The number of hydrogen-bond acceptors (Lipinski definition) is 2. The van der Waals surface area contributed by atoms with Crippen molar-refractivity contribution in [3.8, 4) is 0 Å². The molecule has 1 aromatic carbocycles. The van der Waals surface area contributed by atoms with E-state index in [1.165, 1.54) is 6.07 Å². The summed E-state index contributed by atoms with van der Waals surface area (Å²) >= 11 is 0. The highest BCUT2D eigenvalue weighted by Gasteiger charge is 2.48. The number of carbonyl (C=O) groups is 1. The molecule has 2 N–H and O–H groups in total. The summed E-state index contributed by atoms with van der Waals surface area (Å²) in [5.74, 6) is -1.41. The number of carboxylic acid groups (broad SMARTS) is 1. The van der Waals surface area contributed by atoms with Gasteiger partial charge in [0, 0.05) is 11.6 Å². The normalized spacial score (nSPS) is 25.1. The van der Waals surface area contributed by atoms with Crippen LogP contribution in [0.2, 0.25) is 0 Å². The number of halogens is 1. The zero-order valence-electron chi connectivity index (χ0n) is 8.98. The summed E-state index contributed by atoms with van der Waals surface area (Å²) in [7, 11) is 1.73. The minimum atomic E-state index is -0.790. The molecule has 0 bridgehead atoms. The molecule has 16 heavy (non-hydrogen) atoms. The fourth-order valence-electron chi connectivity index (χ4n) is 2.19. The molecule has 1 aromatic rings. The SMILES string of the molecule is CNC(c1ccccc1F)C1CC1C(=O)O. The first-order valence-electron chi connectivity index (χ1n) is 5.29. The molecular formula is C12H14FNO2. The van der Waals surface area contributed by atoms with Gasteiger partial charge in [0.2, 0.25) is 0 Å². The lowest BCUT2D eigenvalue weighted by atomic mass is 10.0. The third-order valence-corrected chi connectivity index (χ3v) is 3.14. The Hall–Kier alpha value is -1.42. The third-order valence-electron chi connectivity index (χ3n) is 3.14. The van der Waals surface area contributed by atoms with Crippen LogP contribution < -0.4 is 5.32 Å². The van der Waals surface area contributed by atoms with Crippen molar-refractivity contribution in [1.82, 2.24) is 5.32 Å². The maximum atomic E-state index is 13.6. The Balaban J connectivity index is 2.19. The number of benzene rings is 1. The average Bonchev–Trinajstić information content (AvgIpc) is 3.02. The van der Waals surface area contributed by atoms with Crippen LogP contribution in [-0.4, -0.2) is 18.1 Å². The minimum Gasteiger partial charge on any atom is -0.481 e. The zero-order valence-corrected chi connectivity index (χ0v) is 8.98. The molecule has 4 heteroatoms. The van der Waals surface area contributed by atoms with Crippen molar-refractivity contribution in [1.29, 1.82) is 0 Å². The monoisotopic (exact) mass is 223 g/mol. The second kappa shape index (κ2) is 4.22. The summed E-state index contributed by atoms with van der Waals surface area (Å²) in [6, 6.07) is 6.29. The van der Waals surface area contributed by atoms with E-state index in [1.54, 1.807) is 25.2 Å². The van der Waals surface area contributed by atoms with Gasteiger partial charge in [-0.1, -0.05) is 18.2 Å². The molecule has 3 unspecified atom stereocenters. The number of hydrogen-bond donors (Lipinski definition) is 2. The van der Waals surface area contributed by atoms with E-state index >= 15 is 0 Å². The van der Waals surface area contributed by atoms with E-state index in [9.17, 15) is 9.18 Å². The molecule has 0 heterocycles. The van der Waals surface area contributed by atoms with Crippen molar-refractivity contribution >= 4 is 5.97 Å². The summed E-state index contributed by atoms with van der Waals surface area (Å²) < 4.78 is 13.6. The lowest BCUT2D eigenvalue weighted by Crippen LogP contribution is -2.21. The van der Waals surface area contributed by atoms with Gasteiger partial charge in [-0.3, -0.25) is 4.79 Å². The molecule has 3 atom stereocenters. The first kappa shape index (κ1) is 11.1. The Bertz CT molecular complexity index is 408. The van der Waals surface area contributed by atoms with Crippen molar-refractivity contribution in [3.63, 3.8) is 0 Å². The highest BCUT2D eigenvalue weighted by atomic mass is 19.1. The van der Waals surface area contributed by atoms with Gasteiger partial charge in [-0.05, 0) is 25.5 Å². The number of carboxylic acids is 1. The molecule has 0 amide bonds. The predicted octanol–water partition coefficient (Wildman–Crippen LogP) is 1.81. The van der Waals surface area contributed by atoms with E-state index in [0.717, 1.165) is 0 Å². The van der Waals surface area contributed by atoms with E-state index in [1.807, 2.05) is 0 Å². The van der Waals surface area contributed by atoms with Gasteiger partial charge in [0.15, 0.2) is 0 Å². The summed E-state index contributed by atoms with van der Waals surface area (Å²) in [4.78, 5) is 10.8. The maximum Gasteiger partial charge on any atom is 0.306 e. The van der Waals surface area contributed by atoms with Crippen LogP contribution in [0.15, 0.2) is 24.3 Å². The van der Waals surface area contributed by atoms with E-state index < -0.39 is 5.97 Å². The molecule has 0 aliphatic heterocycles. The molecule has 1 aliphatic rings. The topological polar surface area (TPSA) is 49.3 Å². The summed E-state index contributed by atoms with van der Waals surface area (Å²) in [6.45, 7) is 0. The minimum absolute atomic E-state index is 0.000556. The first-order chi connectivity index (χ1) is 7.65. The quantitative estimate of drug-likeness (QED) is 0.818. The number of nitrogens with one attached hydrogen (secondary N) is 1. The van der Waals surface area contributed by atoms with Crippen molar-refractivity contribution in [3.05, 3.63) is 35.6 Å². The maximum absolute atomic E-state index is 13.6. The van der Waals surface area contributed by atoms with Gasteiger partial charge in [0.05, 0.1) is 5.92 Å². The third kappa shape index (κ3) is 1.93. The van der Waals surface area contributed by atoms with Crippen LogP contribution in [0.25, 0.3) is 0 Å². The van der Waals surface area contributed by atoms with Crippen molar-refractivity contribution in [2.45, 2.75) is 12.5 Å². The lowest BCUT2D eigenvalue weighted by molar-refractivity contribution is -0.138. The molecular weight excluding hydrogens is 209 g/mol.